The Morgan fingerprint density at radius 1 is 1.39 bits per heavy atom. The third-order valence-electron chi connectivity index (χ3n) is 2.51. The van der Waals surface area contributed by atoms with E-state index in [4.69, 9.17) is 14.2 Å². The molecule has 1 aromatic rings. The van der Waals surface area contributed by atoms with Crippen molar-refractivity contribution in [2.24, 2.45) is 0 Å². The van der Waals surface area contributed by atoms with Crippen LogP contribution in [0.4, 0.5) is 0 Å². The highest BCUT2D eigenvalue weighted by Crippen LogP contribution is 2.41. The second-order valence-corrected chi connectivity index (χ2v) is 6.23. The highest BCUT2D eigenvalue weighted by atomic mass is 79.9. The van der Waals surface area contributed by atoms with Gasteiger partial charge in [-0.15, -0.1) is 0 Å². The van der Waals surface area contributed by atoms with Gasteiger partial charge in [0, 0.05) is 17.0 Å². The fraction of sp³-hybridized carbons (Fsp3) is 0.417. The van der Waals surface area contributed by atoms with Gasteiger partial charge in [0.05, 0.1) is 4.83 Å². The van der Waals surface area contributed by atoms with Crippen molar-refractivity contribution in [1.29, 1.82) is 0 Å². The normalized spacial score (nSPS) is 16.2. The molecular weight excluding hydrogens is 368 g/mol. The highest BCUT2D eigenvalue weighted by Gasteiger charge is 2.26. The number of esters is 1. The Kier molecular flexibility index (Phi) is 4.17. The van der Waals surface area contributed by atoms with Gasteiger partial charge in [-0.25, -0.2) is 0 Å². The quantitative estimate of drug-likeness (QED) is 0.594. The van der Waals surface area contributed by atoms with Crippen LogP contribution in [-0.2, 0) is 9.53 Å². The molecule has 0 N–H and O–H groups in total. The van der Waals surface area contributed by atoms with Crippen LogP contribution in [0.2, 0.25) is 0 Å². The number of fused-ring (bicyclic) bond motifs is 1. The molecule has 1 aromatic carbocycles. The van der Waals surface area contributed by atoms with Gasteiger partial charge in [0.2, 0.25) is 6.79 Å². The van der Waals surface area contributed by atoms with E-state index in [0.29, 0.717) is 11.5 Å². The number of hydrogen-bond donors (Lipinski definition) is 0. The average molecular weight is 380 g/mol. The molecule has 4 nitrogen and oxygen atoms in total. The molecule has 0 fully saturated rings. The van der Waals surface area contributed by atoms with E-state index in [1.54, 1.807) is 0 Å². The summed E-state index contributed by atoms with van der Waals surface area (Å²) in [6, 6.07) is 3.65. The standard InChI is InChI=1S/C12H12Br2O4/c1-6(13)12(18-7(2)15)8-3-10-11(4-9(8)14)17-5-16-10/h3-4,6,12H,5H2,1-2H3/t6-,12-/m0/s1. The fourth-order valence-corrected chi connectivity index (χ4v) is 2.68. The second kappa shape index (κ2) is 5.48. The molecule has 0 saturated carbocycles. The minimum atomic E-state index is -0.383. The fourth-order valence-electron chi connectivity index (χ4n) is 1.73. The Bertz CT molecular complexity index is 473. The predicted octanol–water partition coefficient (Wildman–Crippen LogP) is 3.57. The van der Waals surface area contributed by atoms with Crippen molar-refractivity contribution in [2.45, 2.75) is 24.8 Å². The van der Waals surface area contributed by atoms with E-state index in [1.807, 2.05) is 19.1 Å². The molecule has 0 radical (unpaired) electrons. The molecular formula is C12H12Br2O4. The van der Waals surface area contributed by atoms with E-state index in [0.717, 1.165) is 10.0 Å². The molecule has 18 heavy (non-hydrogen) atoms. The Morgan fingerprint density at radius 3 is 2.56 bits per heavy atom. The minimum Gasteiger partial charge on any atom is -0.456 e. The number of benzene rings is 1. The summed E-state index contributed by atoms with van der Waals surface area (Å²) in [7, 11) is 0. The molecule has 0 aromatic heterocycles. The first-order chi connectivity index (χ1) is 8.49. The lowest BCUT2D eigenvalue weighted by Crippen LogP contribution is -2.16. The van der Waals surface area contributed by atoms with Crippen LogP contribution in [-0.4, -0.2) is 17.6 Å². The number of ether oxygens (including phenoxy) is 3. The van der Waals surface area contributed by atoms with Gasteiger partial charge >= 0.3 is 5.97 Å². The van der Waals surface area contributed by atoms with E-state index in [2.05, 4.69) is 31.9 Å². The van der Waals surface area contributed by atoms with Crippen LogP contribution in [0, 0.1) is 0 Å². The van der Waals surface area contributed by atoms with Crippen molar-refractivity contribution in [3.05, 3.63) is 22.2 Å². The second-order valence-electron chi connectivity index (χ2n) is 3.93. The first-order valence-electron chi connectivity index (χ1n) is 5.39. The SMILES string of the molecule is CC(=O)O[C@H](c1cc2c(cc1Br)OCO2)[C@H](C)Br. The number of carbonyl (C=O) groups is 1. The molecule has 0 amide bonds. The predicted molar refractivity (Wildman–Crippen MR) is 73.2 cm³/mol. The van der Waals surface area contributed by atoms with Crippen molar-refractivity contribution in [3.8, 4) is 11.5 Å². The maximum atomic E-state index is 11.2. The number of alkyl halides is 1. The van der Waals surface area contributed by atoms with Crippen LogP contribution >= 0.6 is 31.9 Å². The Morgan fingerprint density at radius 2 is 2.00 bits per heavy atom. The van der Waals surface area contributed by atoms with Crippen molar-refractivity contribution in [3.63, 3.8) is 0 Å². The summed E-state index contributed by atoms with van der Waals surface area (Å²) in [6.45, 7) is 3.53. The van der Waals surface area contributed by atoms with E-state index in [1.165, 1.54) is 6.92 Å². The van der Waals surface area contributed by atoms with Crippen molar-refractivity contribution < 1.29 is 19.0 Å². The summed E-state index contributed by atoms with van der Waals surface area (Å²) in [5, 5.41) is 0. The topological polar surface area (TPSA) is 44.8 Å². The highest BCUT2D eigenvalue weighted by molar-refractivity contribution is 9.10. The lowest BCUT2D eigenvalue weighted by Gasteiger charge is -2.21. The van der Waals surface area contributed by atoms with Crippen LogP contribution in [0.1, 0.15) is 25.5 Å². The smallest absolute Gasteiger partial charge is 0.303 e. The van der Waals surface area contributed by atoms with Crippen molar-refractivity contribution in [1.82, 2.24) is 0 Å². The average Bonchev–Trinajstić information content (AvgIpc) is 2.71. The third kappa shape index (κ3) is 2.80. The minimum absolute atomic E-state index is 0.0157. The zero-order valence-electron chi connectivity index (χ0n) is 9.91. The zero-order chi connectivity index (χ0) is 13.3. The maximum Gasteiger partial charge on any atom is 0.303 e. The summed E-state index contributed by atoms with van der Waals surface area (Å²) in [4.78, 5) is 11.1. The monoisotopic (exact) mass is 378 g/mol. The van der Waals surface area contributed by atoms with Gasteiger partial charge in [-0.1, -0.05) is 31.9 Å². The lowest BCUT2D eigenvalue weighted by atomic mass is 10.1. The van der Waals surface area contributed by atoms with Crippen LogP contribution in [0.25, 0.3) is 0 Å². The Balaban J connectivity index is 2.38. The van der Waals surface area contributed by atoms with E-state index >= 15 is 0 Å². The molecule has 0 aliphatic carbocycles. The van der Waals surface area contributed by atoms with Crippen LogP contribution in [0.3, 0.4) is 0 Å². The zero-order valence-corrected chi connectivity index (χ0v) is 13.1. The maximum absolute atomic E-state index is 11.2. The summed E-state index contributed by atoms with van der Waals surface area (Å²) < 4.78 is 16.8. The molecule has 2 rings (SSSR count). The molecule has 0 spiro atoms. The molecule has 0 saturated heterocycles. The number of halogens is 2. The van der Waals surface area contributed by atoms with E-state index in [-0.39, 0.29) is 23.7 Å². The van der Waals surface area contributed by atoms with Gasteiger partial charge in [0.25, 0.3) is 0 Å². The number of rotatable bonds is 3. The van der Waals surface area contributed by atoms with Gasteiger partial charge in [-0.2, -0.15) is 0 Å². The summed E-state index contributed by atoms with van der Waals surface area (Å²) in [6.07, 6.45) is -0.383. The van der Waals surface area contributed by atoms with Gasteiger partial charge in [0.15, 0.2) is 11.5 Å². The molecule has 6 heteroatoms. The van der Waals surface area contributed by atoms with Crippen LogP contribution in [0.5, 0.6) is 11.5 Å². The van der Waals surface area contributed by atoms with Gasteiger partial charge in [-0.05, 0) is 19.1 Å². The first kappa shape index (κ1) is 13.7. The van der Waals surface area contributed by atoms with Gasteiger partial charge in [0.1, 0.15) is 6.10 Å². The van der Waals surface area contributed by atoms with Crippen molar-refractivity contribution in [2.75, 3.05) is 6.79 Å². The summed E-state index contributed by atoms with van der Waals surface area (Å²) >= 11 is 6.91. The van der Waals surface area contributed by atoms with Crippen LogP contribution in [0.15, 0.2) is 16.6 Å². The number of hydrogen-bond acceptors (Lipinski definition) is 4. The van der Waals surface area contributed by atoms with Crippen LogP contribution < -0.4 is 9.47 Å². The third-order valence-corrected chi connectivity index (χ3v) is 3.68. The van der Waals surface area contributed by atoms with Gasteiger partial charge in [-0.3, -0.25) is 4.79 Å². The summed E-state index contributed by atoms with van der Waals surface area (Å²) in [5.41, 5.74) is 0.846. The Labute approximate surface area is 122 Å². The largest absolute Gasteiger partial charge is 0.456 e. The lowest BCUT2D eigenvalue weighted by molar-refractivity contribution is -0.146. The number of carbonyl (C=O) groups excluding carboxylic acids is 1. The molecule has 0 bridgehead atoms. The van der Waals surface area contributed by atoms with Gasteiger partial charge < -0.3 is 14.2 Å². The molecule has 2 atom stereocenters. The Hall–Kier alpha value is -0.750. The van der Waals surface area contributed by atoms with E-state index in [9.17, 15) is 4.79 Å². The van der Waals surface area contributed by atoms with Crippen molar-refractivity contribution >= 4 is 37.8 Å². The molecule has 98 valence electrons. The summed E-state index contributed by atoms with van der Waals surface area (Å²) in [5.74, 6) is 1.03. The molecule has 0 unspecified atom stereocenters. The molecule has 1 aliphatic rings. The molecule has 1 heterocycles. The molecule has 1 aliphatic heterocycles. The first-order valence-corrected chi connectivity index (χ1v) is 7.10. The van der Waals surface area contributed by atoms with E-state index < -0.39 is 0 Å².